The number of urea groups is 1. The molecule has 2 bridgehead atoms. The minimum Gasteiger partial charge on any atom is -0.332 e. The van der Waals surface area contributed by atoms with Crippen molar-refractivity contribution >= 4 is 52.6 Å². The van der Waals surface area contributed by atoms with Gasteiger partial charge in [0.25, 0.3) is 0 Å². The van der Waals surface area contributed by atoms with Crippen LogP contribution in [0, 0.1) is 17.8 Å². The number of carbonyl (C=O) groups is 3. The Labute approximate surface area is 149 Å². The highest BCUT2D eigenvalue weighted by atomic mass is 35.6. The van der Waals surface area contributed by atoms with Gasteiger partial charge >= 0.3 is 6.03 Å². The Morgan fingerprint density at radius 3 is 2.52 bits per heavy atom. The Kier molecular flexibility index (Phi) is 4.69. The number of amides is 4. The number of imide groups is 1. The van der Waals surface area contributed by atoms with Gasteiger partial charge in [-0.25, -0.2) is 4.79 Å². The Hall–Kier alpha value is -0.720. The predicted molar refractivity (Wildman–Crippen MR) is 86.0 cm³/mol. The van der Waals surface area contributed by atoms with Crippen molar-refractivity contribution in [2.24, 2.45) is 17.8 Å². The van der Waals surface area contributed by atoms with E-state index in [0.717, 1.165) is 19.3 Å². The van der Waals surface area contributed by atoms with Crippen molar-refractivity contribution in [2.75, 3.05) is 6.54 Å². The molecular formula is C14H18Cl3N3O3. The van der Waals surface area contributed by atoms with E-state index in [9.17, 15) is 14.4 Å². The third-order valence-electron chi connectivity index (χ3n) is 5.06. The van der Waals surface area contributed by atoms with Crippen LogP contribution in [0.25, 0.3) is 0 Å². The van der Waals surface area contributed by atoms with Gasteiger partial charge in [0.05, 0.1) is 0 Å². The largest absolute Gasteiger partial charge is 0.332 e. The molecule has 2 aliphatic carbocycles. The SMILES string of the molecule is O=C1CCN(C(NC(=O)C2CC3CCC2C3)C(Cl)(Cl)Cl)C(=O)N1. The summed E-state index contributed by atoms with van der Waals surface area (Å²) in [5, 5.41) is 4.89. The van der Waals surface area contributed by atoms with Crippen molar-refractivity contribution < 1.29 is 14.4 Å². The van der Waals surface area contributed by atoms with E-state index in [4.69, 9.17) is 34.8 Å². The van der Waals surface area contributed by atoms with Crippen molar-refractivity contribution in [3.63, 3.8) is 0 Å². The lowest BCUT2D eigenvalue weighted by molar-refractivity contribution is -0.128. The minimum absolute atomic E-state index is 0.0851. The molecule has 6 nitrogen and oxygen atoms in total. The standard InChI is InChI=1S/C14H18Cl3N3O3/c15-14(16,17)12(20-4-3-10(21)18-13(20)23)19-11(22)9-6-7-1-2-8(9)5-7/h7-9,12H,1-6H2,(H,19,22)(H,18,21,23). The molecular weight excluding hydrogens is 365 g/mol. The maximum Gasteiger partial charge on any atom is 0.325 e. The molecule has 0 spiro atoms. The van der Waals surface area contributed by atoms with E-state index in [2.05, 4.69) is 10.6 Å². The van der Waals surface area contributed by atoms with Crippen molar-refractivity contribution in [1.29, 1.82) is 0 Å². The molecule has 3 aliphatic rings. The molecule has 3 rings (SSSR count). The molecule has 0 aromatic heterocycles. The maximum atomic E-state index is 12.6. The average Bonchev–Trinajstić information content (AvgIpc) is 3.06. The monoisotopic (exact) mass is 381 g/mol. The number of carbonyl (C=O) groups excluding carboxylic acids is 3. The number of fused-ring (bicyclic) bond motifs is 2. The van der Waals surface area contributed by atoms with Gasteiger partial charge in [0.1, 0.15) is 0 Å². The van der Waals surface area contributed by atoms with Crippen LogP contribution in [-0.2, 0) is 9.59 Å². The van der Waals surface area contributed by atoms with Gasteiger partial charge in [-0.05, 0) is 31.1 Å². The van der Waals surface area contributed by atoms with Crippen LogP contribution in [0.4, 0.5) is 4.79 Å². The summed E-state index contributed by atoms with van der Waals surface area (Å²) in [6, 6.07) is -0.661. The highest BCUT2D eigenvalue weighted by Gasteiger charge is 2.47. The van der Waals surface area contributed by atoms with Crippen LogP contribution in [0.3, 0.4) is 0 Å². The van der Waals surface area contributed by atoms with Crippen LogP contribution in [0.5, 0.6) is 0 Å². The first-order chi connectivity index (χ1) is 10.8. The van der Waals surface area contributed by atoms with Crippen LogP contribution in [-0.4, -0.2) is 39.2 Å². The molecule has 1 heterocycles. The van der Waals surface area contributed by atoms with Crippen molar-refractivity contribution in [3.8, 4) is 0 Å². The normalized spacial score (nSPS) is 32.0. The van der Waals surface area contributed by atoms with Gasteiger partial charge in [-0.15, -0.1) is 0 Å². The van der Waals surface area contributed by atoms with Crippen LogP contribution in [0.1, 0.15) is 32.1 Å². The first-order valence-corrected chi connectivity index (χ1v) is 8.86. The zero-order valence-corrected chi connectivity index (χ0v) is 14.6. The topological polar surface area (TPSA) is 78.5 Å². The van der Waals surface area contributed by atoms with E-state index in [1.807, 2.05) is 0 Å². The zero-order valence-electron chi connectivity index (χ0n) is 12.4. The Morgan fingerprint density at radius 1 is 1.26 bits per heavy atom. The fraction of sp³-hybridized carbons (Fsp3) is 0.786. The van der Waals surface area contributed by atoms with Crippen LogP contribution in [0.15, 0.2) is 0 Å². The summed E-state index contributed by atoms with van der Waals surface area (Å²) < 4.78 is -1.88. The van der Waals surface area contributed by atoms with Crippen molar-refractivity contribution in [1.82, 2.24) is 15.5 Å². The smallest absolute Gasteiger partial charge is 0.325 e. The summed E-state index contributed by atoms with van der Waals surface area (Å²) in [7, 11) is 0. The molecule has 3 fully saturated rings. The lowest BCUT2D eigenvalue weighted by Crippen LogP contribution is -2.63. The highest BCUT2D eigenvalue weighted by Crippen LogP contribution is 2.48. The van der Waals surface area contributed by atoms with E-state index in [0.29, 0.717) is 11.8 Å². The molecule has 4 amide bonds. The van der Waals surface area contributed by atoms with E-state index >= 15 is 0 Å². The van der Waals surface area contributed by atoms with Crippen LogP contribution in [0.2, 0.25) is 0 Å². The second kappa shape index (κ2) is 6.30. The van der Waals surface area contributed by atoms with Gasteiger partial charge in [-0.3, -0.25) is 19.8 Å². The number of hydrogen-bond donors (Lipinski definition) is 2. The third kappa shape index (κ3) is 3.54. The Morgan fingerprint density at radius 2 is 2.00 bits per heavy atom. The number of halogens is 3. The molecule has 4 atom stereocenters. The van der Waals surface area contributed by atoms with Crippen molar-refractivity contribution in [2.45, 2.75) is 42.1 Å². The number of alkyl halides is 3. The lowest BCUT2D eigenvalue weighted by Gasteiger charge is -2.38. The molecule has 2 N–H and O–H groups in total. The quantitative estimate of drug-likeness (QED) is 0.734. The van der Waals surface area contributed by atoms with Gasteiger partial charge in [0, 0.05) is 18.9 Å². The van der Waals surface area contributed by atoms with Gasteiger partial charge in [0.15, 0.2) is 6.17 Å². The summed E-state index contributed by atoms with van der Waals surface area (Å²) in [5.74, 6) is 0.343. The molecule has 1 aliphatic heterocycles. The average molecular weight is 383 g/mol. The Bertz CT molecular complexity index is 537. The first-order valence-electron chi connectivity index (χ1n) is 7.73. The minimum atomic E-state index is -1.88. The van der Waals surface area contributed by atoms with Gasteiger partial charge in [0.2, 0.25) is 15.6 Å². The van der Waals surface area contributed by atoms with Crippen molar-refractivity contribution in [3.05, 3.63) is 0 Å². The fourth-order valence-corrected chi connectivity index (χ4v) is 4.48. The molecule has 0 aromatic rings. The van der Waals surface area contributed by atoms with E-state index < -0.39 is 16.0 Å². The number of hydrogen-bond acceptors (Lipinski definition) is 3. The summed E-state index contributed by atoms with van der Waals surface area (Å²) in [5.41, 5.74) is 0. The second-order valence-corrected chi connectivity index (χ2v) is 8.90. The van der Waals surface area contributed by atoms with Crippen LogP contribution >= 0.6 is 34.8 Å². The molecule has 0 aromatic carbocycles. The Balaban J connectivity index is 1.71. The van der Waals surface area contributed by atoms with E-state index in [-0.39, 0.29) is 30.7 Å². The summed E-state index contributed by atoms with van der Waals surface area (Å²) >= 11 is 17.9. The molecule has 1 saturated heterocycles. The number of nitrogens with zero attached hydrogens (tertiary/aromatic N) is 1. The molecule has 128 valence electrons. The fourth-order valence-electron chi connectivity index (χ4n) is 3.97. The van der Waals surface area contributed by atoms with Gasteiger partial charge < -0.3 is 5.32 Å². The van der Waals surface area contributed by atoms with Crippen LogP contribution < -0.4 is 10.6 Å². The maximum absolute atomic E-state index is 12.6. The molecule has 9 heteroatoms. The number of nitrogens with one attached hydrogen (secondary N) is 2. The second-order valence-electron chi connectivity index (χ2n) is 6.53. The molecule has 0 radical (unpaired) electrons. The molecule has 4 unspecified atom stereocenters. The number of rotatable bonds is 3. The predicted octanol–water partition coefficient (Wildman–Crippen LogP) is 2.18. The lowest BCUT2D eigenvalue weighted by atomic mass is 9.88. The summed E-state index contributed by atoms with van der Waals surface area (Å²) in [6.07, 6.45) is 3.17. The summed E-state index contributed by atoms with van der Waals surface area (Å²) in [6.45, 7) is 0.0975. The first kappa shape index (κ1) is 17.1. The zero-order chi connectivity index (χ0) is 16.8. The van der Waals surface area contributed by atoms with Gasteiger partial charge in [-0.1, -0.05) is 41.2 Å². The summed E-state index contributed by atoms with van der Waals surface area (Å²) in [4.78, 5) is 37.0. The highest BCUT2D eigenvalue weighted by molar-refractivity contribution is 6.68. The third-order valence-corrected chi connectivity index (χ3v) is 5.68. The molecule has 2 saturated carbocycles. The van der Waals surface area contributed by atoms with E-state index in [1.165, 1.54) is 11.3 Å². The van der Waals surface area contributed by atoms with E-state index in [1.54, 1.807) is 0 Å². The van der Waals surface area contributed by atoms with Gasteiger partial charge in [-0.2, -0.15) is 0 Å². The molecule has 23 heavy (non-hydrogen) atoms.